The quantitative estimate of drug-likeness (QED) is 0.519. The molecule has 0 aromatic carbocycles. The molecule has 0 amide bonds. The molecule has 0 fully saturated rings. The number of carbonyl (C=O) groups is 1. The summed E-state index contributed by atoms with van der Waals surface area (Å²) in [6.45, 7) is 5.71. The molecule has 0 aromatic rings. The van der Waals surface area contributed by atoms with E-state index in [0.717, 1.165) is 6.42 Å². The average Bonchev–Trinajstić information content (AvgIpc) is 1.27. The van der Waals surface area contributed by atoms with E-state index in [9.17, 15) is 4.79 Å². The number of hydrogen-bond donors (Lipinski definition) is 0. The molecule has 0 aliphatic rings. The standard InChI is InChI=1S/C6H12O.Ca.2H/c1-5(2)4-6(3)7;;;/h5H,4H2,1-3H3;;;. The van der Waals surface area contributed by atoms with Gasteiger partial charge in [-0.1, -0.05) is 13.8 Å². The average molecular weight is 142 g/mol. The number of ketones is 1. The van der Waals surface area contributed by atoms with Crippen molar-refractivity contribution in [1.29, 1.82) is 0 Å². The number of carbonyl (C=O) groups excluding carboxylic acids is 1. The summed E-state index contributed by atoms with van der Waals surface area (Å²) in [6, 6.07) is 0. The van der Waals surface area contributed by atoms with Crippen LogP contribution in [-0.4, -0.2) is 43.5 Å². The molecular formula is C6H14CaO. The van der Waals surface area contributed by atoms with Gasteiger partial charge in [0.2, 0.25) is 0 Å². The summed E-state index contributed by atoms with van der Waals surface area (Å²) in [6.07, 6.45) is 0.722. The zero-order valence-electron chi connectivity index (χ0n) is 5.19. The first-order valence-corrected chi connectivity index (χ1v) is 2.62. The SMILES string of the molecule is CC(=O)CC(C)C.[CaH2]. The van der Waals surface area contributed by atoms with E-state index < -0.39 is 0 Å². The molecule has 1 nitrogen and oxygen atoms in total. The summed E-state index contributed by atoms with van der Waals surface area (Å²) < 4.78 is 0. The van der Waals surface area contributed by atoms with Crippen LogP contribution in [0.5, 0.6) is 0 Å². The van der Waals surface area contributed by atoms with Crippen LogP contribution in [0.1, 0.15) is 27.2 Å². The molecule has 0 aromatic heterocycles. The molecule has 0 aliphatic carbocycles. The molecule has 8 heavy (non-hydrogen) atoms. The molecule has 2 heteroatoms. The molecule has 46 valence electrons. The van der Waals surface area contributed by atoms with Crippen molar-refractivity contribution in [3.8, 4) is 0 Å². The van der Waals surface area contributed by atoms with Gasteiger partial charge in [0.1, 0.15) is 5.78 Å². The van der Waals surface area contributed by atoms with Gasteiger partial charge < -0.3 is 4.79 Å². The normalized spacial score (nSPS) is 8.50. The molecule has 0 bridgehead atoms. The Kier molecular flexibility index (Phi) is 8.85. The number of hydrogen-bond acceptors (Lipinski definition) is 1. The van der Waals surface area contributed by atoms with E-state index in [4.69, 9.17) is 0 Å². The van der Waals surface area contributed by atoms with Crippen molar-refractivity contribution < 1.29 is 4.79 Å². The summed E-state index contributed by atoms with van der Waals surface area (Å²) in [7, 11) is 0. The van der Waals surface area contributed by atoms with Crippen LogP contribution >= 0.6 is 0 Å². The predicted molar refractivity (Wildman–Crippen MR) is 38.7 cm³/mol. The van der Waals surface area contributed by atoms with E-state index in [1.54, 1.807) is 6.92 Å². The van der Waals surface area contributed by atoms with Gasteiger partial charge in [0.05, 0.1) is 0 Å². The van der Waals surface area contributed by atoms with Gasteiger partial charge in [0.25, 0.3) is 0 Å². The molecule has 0 saturated heterocycles. The Morgan fingerprint density at radius 2 is 1.88 bits per heavy atom. The van der Waals surface area contributed by atoms with Crippen LogP contribution in [-0.2, 0) is 4.79 Å². The van der Waals surface area contributed by atoms with Crippen molar-refractivity contribution in [2.24, 2.45) is 5.92 Å². The van der Waals surface area contributed by atoms with Gasteiger partial charge in [-0.25, -0.2) is 0 Å². The van der Waals surface area contributed by atoms with Crippen LogP contribution in [0.25, 0.3) is 0 Å². The minimum absolute atomic E-state index is 0. The Hall–Kier alpha value is 0.930. The first-order chi connectivity index (χ1) is 3.13. The van der Waals surface area contributed by atoms with E-state index in [1.807, 2.05) is 13.8 Å². The van der Waals surface area contributed by atoms with Crippen LogP contribution in [0.4, 0.5) is 0 Å². The summed E-state index contributed by atoms with van der Waals surface area (Å²) in [5, 5.41) is 0. The summed E-state index contributed by atoms with van der Waals surface area (Å²) >= 11 is 0. The second kappa shape index (κ2) is 6.06. The van der Waals surface area contributed by atoms with Crippen LogP contribution in [0.15, 0.2) is 0 Å². The van der Waals surface area contributed by atoms with Gasteiger partial charge >= 0.3 is 37.7 Å². The van der Waals surface area contributed by atoms with E-state index >= 15 is 0 Å². The van der Waals surface area contributed by atoms with Crippen LogP contribution in [0, 0.1) is 5.92 Å². The van der Waals surface area contributed by atoms with Crippen molar-refractivity contribution in [3.63, 3.8) is 0 Å². The molecule has 0 unspecified atom stereocenters. The van der Waals surface area contributed by atoms with E-state index in [1.165, 1.54) is 0 Å². The van der Waals surface area contributed by atoms with E-state index in [0.29, 0.717) is 5.92 Å². The summed E-state index contributed by atoms with van der Waals surface area (Å²) in [5.74, 6) is 0.813. The summed E-state index contributed by atoms with van der Waals surface area (Å²) in [5.41, 5.74) is 0. The first kappa shape index (κ1) is 11.7. The number of Topliss-reactive ketones (excluding diaryl/α,β-unsaturated/α-hetero) is 1. The third-order valence-electron chi connectivity index (χ3n) is 0.696. The van der Waals surface area contributed by atoms with Gasteiger partial charge in [-0.3, -0.25) is 0 Å². The van der Waals surface area contributed by atoms with Crippen LogP contribution in [0.2, 0.25) is 0 Å². The molecule has 0 heterocycles. The third kappa shape index (κ3) is 10.0. The van der Waals surface area contributed by atoms with Gasteiger partial charge in [0, 0.05) is 6.42 Å². The molecular weight excluding hydrogens is 128 g/mol. The topological polar surface area (TPSA) is 17.1 Å². The molecule has 0 aliphatic heterocycles. The van der Waals surface area contributed by atoms with Gasteiger partial charge in [-0.2, -0.15) is 0 Å². The predicted octanol–water partition coefficient (Wildman–Crippen LogP) is 0.705. The minimum atomic E-state index is 0. The fourth-order valence-corrected chi connectivity index (χ4v) is 0.575. The van der Waals surface area contributed by atoms with Crippen molar-refractivity contribution in [1.82, 2.24) is 0 Å². The molecule has 0 N–H and O–H groups in total. The van der Waals surface area contributed by atoms with Gasteiger partial charge in [-0.15, -0.1) is 0 Å². The van der Waals surface area contributed by atoms with Crippen LogP contribution in [0.3, 0.4) is 0 Å². The zero-order chi connectivity index (χ0) is 5.86. The van der Waals surface area contributed by atoms with Crippen molar-refractivity contribution in [3.05, 3.63) is 0 Å². The molecule has 0 rings (SSSR count). The van der Waals surface area contributed by atoms with E-state index in [-0.39, 0.29) is 43.5 Å². The maximum atomic E-state index is 10.3. The maximum absolute atomic E-state index is 10.3. The van der Waals surface area contributed by atoms with Crippen molar-refractivity contribution >= 4 is 43.5 Å². The summed E-state index contributed by atoms with van der Waals surface area (Å²) in [4.78, 5) is 10.3. The third-order valence-corrected chi connectivity index (χ3v) is 0.696. The Morgan fingerprint density at radius 3 is 1.88 bits per heavy atom. The Balaban J connectivity index is 0. The van der Waals surface area contributed by atoms with Crippen molar-refractivity contribution in [2.45, 2.75) is 27.2 Å². The molecule has 0 radical (unpaired) electrons. The Labute approximate surface area is 80.8 Å². The monoisotopic (exact) mass is 142 g/mol. The van der Waals surface area contributed by atoms with Crippen LogP contribution < -0.4 is 0 Å². The molecule has 0 saturated carbocycles. The fourth-order valence-electron chi connectivity index (χ4n) is 0.575. The van der Waals surface area contributed by atoms with Gasteiger partial charge in [0.15, 0.2) is 0 Å². The molecule has 0 atom stereocenters. The second-order valence-corrected chi connectivity index (χ2v) is 2.30. The van der Waals surface area contributed by atoms with E-state index in [2.05, 4.69) is 0 Å². The zero-order valence-corrected chi connectivity index (χ0v) is 5.19. The fraction of sp³-hybridized carbons (Fsp3) is 0.833. The van der Waals surface area contributed by atoms with Gasteiger partial charge in [-0.05, 0) is 12.8 Å². The molecule has 0 spiro atoms. The second-order valence-electron chi connectivity index (χ2n) is 2.30. The number of rotatable bonds is 2. The van der Waals surface area contributed by atoms with Crippen molar-refractivity contribution in [2.75, 3.05) is 0 Å². The Bertz CT molecular complexity index is 68.9. The first-order valence-electron chi connectivity index (χ1n) is 2.62. The Morgan fingerprint density at radius 1 is 1.50 bits per heavy atom.